The van der Waals surface area contributed by atoms with Crippen LogP contribution in [-0.2, 0) is 18.9 Å². The van der Waals surface area contributed by atoms with Crippen LogP contribution in [0.25, 0.3) is 0 Å². The first-order chi connectivity index (χ1) is 10.7. The quantitative estimate of drug-likeness (QED) is 0.457. The molecule has 0 heterocycles. The van der Waals surface area contributed by atoms with Gasteiger partial charge in [-0.15, -0.1) is 0 Å². The van der Waals surface area contributed by atoms with Gasteiger partial charge in [0.05, 0.1) is 51.4 Å². The van der Waals surface area contributed by atoms with E-state index >= 15 is 0 Å². The molecule has 0 atom stereocenters. The van der Waals surface area contributed by atoms with Crippen LogP contribution < -0.4 is 4.90 Å². The lowest BCUT2D eigenvalue weighted by molar-refractivity contribution is 0.0266. The van der Waals surface area contributed by atoms with Crippen molar-refractivity contribution in [3.8, 4) is 0 Å². The van der Waals surface area contributed by atoms with Gasteiger partial charge in [0.15, 0.2) is 0 Å². The zero-order valence-corrected chi connectivity index (χ0v) is 13.5. The van der Waals surface area contributed by atoms with Crippen molar-refractivity contribution in [2.45, 2.75) is 0 Å². The SMILES string of the molecule is COCCOCCOCCN(C)c1ccccc1C(=O)OC. The van der Waals surface area contributed by atoms with Crippen LogP contribution in [0.15, 0.2) is 24.3 Å². The van der Waals surface area contributed by atoms with Gasteiger partial charge in [-0.05, 0) is 12.1 Å². The highest BCUT2D eigenvalue weighted by molar-refractivity contribution is 5.95. The summed E-state index contributed by atoms with van der Waals surface area (Å²) in [6.45, 7) is 3.48. The lowest BCUT2D eigenvalue weighted by atomic mass is 10.1. The molecule has 22 heavy (non-hydrogen) atoms. The normalized spacial score (nSPS) is 10.5. The molecular formula is C16H25NO5. The Labute approximate surface area is 131 Å². The fourth-order valence-corrected chi connectivity index (χ4v) is 1.88. The molecule has 0 aliphatic heterocycles. The zero-order valence-electron chi connectivity index (χ0n) is 13.5. The second-order valence-corrected chi connectivity index (χ2v) is 4.65. The molecule has 6 nitrogen and oxygen atoms in total. The molecule has 0 saturated carbocycles. The average Bonchev–Trinajstić information content (AvgIpc) is 2.56. The molecule has 0 aromatic heterocycles. The molecule has 0 saturated heterocycles. The van der Waals surface area contributed by atoms with Gasteiger partial charge in [0, 0.05) is 20.7 Å². The summed E-state index contributed by atoms with van der Waals surface area (Å²) < 4.78 is 20.5. The Morgan fingerprint density at radius 2 is 1.64 bits per heavy atom. The van der Waals surface area contributed by atoms with Crippen LogP contribution in [0.1, 0.15) is 10.4 Å². The van der Waals surface area contributed by atoms with Crippen LogP contribution in [-0.4, -0.2) is 66.8 Å². The van der Waals surface area contributed by atoms with Crippen LogP contribution in [0.2, 0.25) is 0 Å². The molecule has 0 amide bonds. The fourth-order valence-electron chi connectivity index (χ4n) is 1.88. The summed E-state index contributed by atoms with van der Waals surface area (Å²) in [6, 6.07) is 7.35. The maximum Gasteiger partial charge on any atom is 0.339 e. The number of benzene rings is 1. The number of nitrogens with zero attached hydrogens (tertiary/aromatic N) is 1. The van der Waals surface area contributed by atoms with Crippen molar-refractivity contribution >= 4 is 11.7 Å². The van der Waals surface area contributed by atoms with Crippen LogP contribution >= 0.6 is 0 Å². The molecule has 0 radical (unpaired) electrons. The molecule has 0 aliphatic rings. The third kappa shape index (κ3) is 6.43. The van der Waals surface area contributed by atoms with Gasteiger partial charge in [0.1, 0.15) is 0 Å². The van der Waals surface area contributed by atoms with Gasteiger partial charge in [0.25, 0.3) is 0 Å². The Bertz CT molecular complexity index is 438. The summed E-state index contributed by atoms with van der Waals surface area (Å²) >= 11 is 0. The van der Waals surface area contributed by atoms with E-state index in [1.165, 1.54) is 7.11 Å². The van der Waals surface area contributed by atoms with E-state index in [0.717, 1.165) is 5.69 Å². The lowest BCUT2D eigenvalue weighted by Gasteiger charge is -2.21. The van der Waals surface area contributed by atoms with E-state index in [2.05, 4.69) is 0 Å². The predicted molar refractivity (Wildman–Crippen MR) is 84.6 cm³/mol. The molecule has 124 valence electrons. The minimum absolute atomic E-state index is 0.338. The van der Waals surface area contributed by atoms with Crippen molar-refractivity contribution in [3.05, 3.63) is 29.8 Å². The molecule has 0 spiro atoms. The van der Waals surface area contributed by atoms with E-state index in [0.29, 0.717) is 45.1 Å². The average molecular weight is 311 g/mol. The molecule has 0 N–H and O–H groups in total. The number of hydrogen-bond donors (Lipinski definition) is 0. The third-order valence-electron chi connectivity index (χ3n) is 3.10. The van der Waals surface area contributed by atoms with Gasteiger partial charge in [0.2, 0.25) is 0 Å². The molecule has 0 aliphatic carbocycles. The first-order valence-corrected chi connectivity index (χ1v) is 7.23. The van der Waals surface area contributed by atoms with Crippen molar-refractivity contribution in [2.75, 3.05) is 65.7 Å². The molecule has 0 fully saturated rings. The number of hydrogen-bond acceptors (Lipinski definition) is 6. The van der Waals surface area contributed by atoms with E-state index < -0.39 is 0 Å². The number of carbonyl (C=O) groups excluding carboxylic acids is 1. The van der Waals surface area contributed by atoms with E-state index in [4.69, 9.17) is 18.9 Å². The van der Waals surface area contributed by atoms with Gasteiger partial charge in [-0.2, -0.15) is 0 Å². The Balaban J connectivity index is 2.31. The van der Waals surface area contributed by atoms with Crippen LogP contribution in [0.5, 0.6) is 0 Å². The lowest BCUT2D eigenvalue weighted by Crippen LogP contribution is -2.25. The molecular weight excluding hydrogens is 286 g/mol. The minimum Gasteiger partial charge on any atom is -0.465 e. The second-order valence-electron chi connectivity index (χ2n) is 4.65. The largest absolute Gasteiger partial charge is 0.465 e. The first-order valence-electron chi connectivity index (χ1n) is 7.23. The highest BCUT2D eigenvalue weighted by atomic mass is 16.5. The number of methoxy groups -OCH3 is 2. The number of ether oxygens (including phenoxy) is 4. The summed E-state index contributed by atoms with van der Waals surface area (Å²) in [5.41, 5.74) is 1.38. The van der Waals surface area contributed by atoms with E-state index in [9.17, 15) is 4.79 Å². The molecule has 1 aromatic carbocycles. The number of anilines is 1. The van der Waals surface area contributed by atoms with E-state index in [1.807, 2.05) is 30.1 Å². The summed E-state index contributed by atoms with van der Waals surface area (Å²) in [4.78, 5) is 13.7. The number of carbonyl (C=O) groups is 1. The first kappa shape index (κ1) is 18.4. The number of rotatable bonds is 11. The van der Waals surface area contributed by atoms with Gasteiger partial charge < -0.3 is 23.8 Å². The maximum atomic E-state index is 11.7. The molecule has 0 bridgehead atoms. The van der Waals surface area contributed by atoms with Gasteiger partial charge >= 0.3 is 5.97 Å². The van der Waals surface area contributed by atoms with Crippen LogP contribution in [0, 0.1) is 0 Å². The molecule has 1 aromatic rings. The summed E-state index contributed by atoms with van der Waals surface area (Å²) in [5.74, 6) is -0.338. The summed E-state index contributed by atoms with van der Waals surface area (Å²) in [5, 5.41) is 0. The highest BCUT2D eigenvalue weighted by Gasteiger charge is 2.13. The van der Waals surface area contributed by atoms with Crippen molar-refractivity contribution < 1.29 is 23.7 Å². The monoisotopic (exact) mass is 311 g/mol. The predicted octanol–water partition coefficient (Wildman–Crippen LogP) is 1.59. The Hall–Kier alpha value is -1.63. The highest BCUT2D eigenvalue weighted by Crippen LogP contribution is 2.19. The number of likely N-dealkylation sites (N-methyl/N-ethyl adjacent to an activating group) is 1. The van der Waals surface area contributed by atoms with Crippen LogP contribution in [0.4, 0.5) is 5.69 Å². The van der Waals surface area contributed by atoms with Crippen molar-refractivity contribution in [1.29, 1.82) is 0 Å². The zero-order chi connectivity index (χ0) is 16.2. The van der Waals surface area contributed by atoms with Gasteiger partial charge in [-0.3, -0.25) is 0 Å². The van der Waals surface area contributed by atoms with E-state index in [1.54, 1.807) is 13.2 Å². The maximum absolute atomic E-state index is 11.7. The Kier molecular flexibility index (Phi) is 9.21. The second kappa shape index (κ2) is 11.0. The van der Waals surface area contributed by atoms with E-state index in [-0.39, 0.29) is 5.97 Å². The fraction of sp³-hybridized carbons (Fsp3) is 0.562. The van der Waals surface area contributed by atoms with Crippen molar-refractivity contribution in [1.82, 2.24) is 0 Å². The summed E-state index contributed by atoms with van der Waals surface area (Å²) in [6.07, 6.45) is 0. The topological polar surface area (TPSA) is 57.2 Å². The van der Waals surface area contributed by atoms with Crippen molar-refractivity contribution in [3.63, 3.8) is 0 Å². The standard InChI is InChI=1S/C16H25NO5/c1-17(8-9-21-12-13-22-11-10-19-2)15-7-5-4-6-14(15)16(18)20-3/h4-7H,8-13H2,1-3H3. The Morgan fingerprint density at radius 1 is 1.00 bits per heavy atom. The molecule has 6 heteroatoms. The smallest absolute Gasteiger partial charge is 0.339 e. The van der Waals surface area contributed by atoms with Gasteiger partial charge in [-0.25, -0.2) is 4.79 Å². The van der Waals surface area contributed by atoms with Crippen LogP contribution in [0.3, 0.4) is 0 Å². The molecule has 1 rings (SSSR count). The number of para-hydroxylation sites is 1. The van der Waals surface area contributed by atoms with Gasteiger partial charge in [-0.1, -0.05) is 12.1 Å². The number of esters is 1. The minimum atomic E-state index is -0.338. The summed E-state index contributed by atoms with van der Waals surface area (Å²) in [7, 11) is 4.94. The Morgan fingerprint density at radius 3 is 2.32 bits per heavy atom. The van der Waals surface area contributed by atoms with Crippen molar-refractivity contribution in [2.24, 2.45) is 0 Å². The third-order valence-corrected chi connectivity index (χ3v) is 3.10. The molecule has 0 unspecified atom stereocenters.